The lowest BCUT2D eigenvalue weighted by atomic mass is 10.2. The third-order valence-corrected chi connectivity index (χ3v) is 5.41. The van der Waals surface area contributed by atoms with E-state index in [9.17, 15) is 8.42 Å². The summed E-state index contributed by atoms with van der Waals surface area (Å²) in [5.74, 6) is 0. The molecule has 0 spiro atoms. The highest BCUT2D eigenvalue weighted by Gasteiger charge is 2.15. The van der Waals surface area contributed by atoms with Gasteiger partial charge in [-0.05, 0) is 65.4 Å². The number of aryl methyl sites for hydroxylation is 1. The zero-order valence-electron chi connectivity index (χ0n) is 10.6. The zero-order chi connectivity index (χ0) is 14.8. The second-order valence-electron chi connectivity index (χ2n) is 4.27. The van der Waals surface area contributed by atoms with Crippen LogP contribution in [0.3, 0.4) is 0 Å². The fraction of sp³-hybridized carbons (Fsp3) is 0.143. The molecule has 0 saturated carbocycles. The number of hydrogen-bond donors (Lipinski definition) is 0. The molecule has 0 atom stereocenters. The van der Waals surface area contributed by atoms with Gasteiger partial charge in [-0.2, -0.15) is 8.42 Å². The van der Waals surface area contributed by atoms with E-state index in [0.717, 1.165) is 19.2 Å². The third-order valence-electron chi connectivity index (χ3n) is 2.69. The summed E-state index contributed by atoms with van der Waals surface area (Å²) in [5.41, 5.74) is 1.80. The fourth-order valence-corrected chi connectivity index (χ4v) is 3.37. The molecular weight excluding hydrogens is 455 g/mol. The average molecular weight is 467 g/mol. The lowest BCUT2D eigenvalue weighted by Crippen LogP contribution is -2.07. The first-order valence-electron chi connectivity index (χ1n) is 5.78. The van der Waals surface area contributed by atoms with E-state index in [4.69, 9.17) is 4.18 Å². The molecular formula is C14H12BrIO3S. The van der Waals surface area contributed by atoms with E-state index in [1.165, 1.54) is 0 Å². The summed E-state index contributed by atoms with van der Waals surface area (Å²) >= 11 is 5.56. The van der Waals surface area contributed by atoms with Gasteiger partial charge in [-0.25, -0.2) is 0 Å². The molecule has 106 valence electrons. The second-order valence-corrected chi connectivity index (χ2v) is 7.98. The standard InChI is InChI=1S/C14H12BrIO3S/c1-10-2-5-13(6-3-10)20(17,18)19-9-11-8-12(16)4-7-14(11)15/h2-8H,9H2,1H3. The Hall–Kier alpha value is -0.440. The summed E-state index contributed by atoms with van der Waals surface area (Å²) in [6, 6.07) is 12.3. The molecule has 3 nitrogen and oxygen atoms in total. The van der Waals surface area contributed by atoms with Crippen molar-refractivity contribution in [1.29, 1.82) is 0 Å². The van der Waals surface area contributed by atoms with Gasteiger partial charge in [0.1, 0.15) is 0 Å². The number of hydrogen-bond acceptors (Lipinski definition) is 3. The van der Waals surface area contributed by atoms with Gasteiger partial charge in [0.25, 0.3) is 10.1 Å². The Bertz CT molecular complexity index is 712. The van der Waals surface area contributed by atoms with Gasteiger partial charge in [0.15, 0.2) is 0 Å². The average Bonchev–Trinajstić information content (AvgIpc) is 2.40. The molecule has 0 fully saturated rings. The molecule has 0 saturated heterocycles. The lowest BCUT2D eigenvalue weighted by molar-refractivity contribution is 0.307. The topological polar surface area (TPSA) is 43.4 Å². The first-order valence-corrected chi connectivity index (χ1v) is 9.06. The van der Waals surface area contributed by atoms with Crippen molar-refractivity contribution in [3.05, 3.63) is 61.6 Å². The van der Waals surface area contributed by atoms with Crippen molar-refractivity contribution in [3.8, 4) is 0 Å². The van der Waals surface area contributed by atoms with Crippen molar-refractivity contribution in [2.75, 3.05) is 0 Å². The summed E-state index contributed by atoms with van der Waals surface area (Å²) < 4.78 is 31.1. The number of rotatable bonds is 4. The lowest BCUT2D eigenvalue weighted by Gasteiger charge is -2.08. The van der Waals surface area contributed by atoms with Crippen LogP contribution >= 0.6 is 38.5 Å². The molecule has 2 rings (SSSR count). The quantitative estimate of drug-likeness (QED) is 0.499. The molecule has 2 aromatic rings. The first kappa shape index (κ1) is 15.9. The molecule has 0 aromatic heterocycles. The van der Waals surface area contributed by atoms with E-state index in [0.29, 0.717) is 0 Å². The molecule has 0 aliphatic rings. The molecule has 0 unspecified atom stereocenters. The maximum atomic E-state index is 12.1. The van der Waals surface area contributed by atoms with Crippen molar-refractivity contribution in [2.24, 2.45) is 0 Å². The molecule has 0 N–H and O–H groups in total. The van der Waals surface area contributed by atoms with Crippen molar-refractivity contribution in [2.45, 2.75) is 18.4 Å². The van der Waals surface area contributed by atoms with Gasteiger partial charge in [0, 0.05) is 8.04 Å². The van der Waals surface area contributed by atoms with Gasteiger partial charge in [-0.1, -0.05) is 33.6 Å². The van der Waals surface area contributed by atoms with Crippen LogP contribution in [0.5, 0.6) is 0 Å². The van der Waals surface area contributed by atoms with E-state index >= 15 is 0 Å². The SMILES string of the molecule is Cc1ccc(S(=O)(=O)OCc2cc(I)ccc2Br)cc1. The van der Waals surface area contributed by atoms with Crippen LogP contribution in [-0.2, 0) is 20.9 Å². The smallest absolute Gasteiger partial charge is 0.262 e. The van der Waals surface area contributed by atoms with Crippen LogP contribution in [0.4, 0.5) is 0 Å². The summed E-state index contributed by atoms with van der Waals surface area (Å²) in [6.45, 7) is 1.91. The maximum Gasteiger partial charge on any atom is 0.297 e. The van der Waals surface area contributed by atoms with E-state index in [1.807, 2.05) is 25.1 Å². The first-order chi connectivity index (χ1) is 9.38. The van der Waals surface area contributed by atoms with Gasteiger partial charge in [0.2, 0.25) is 0 Å². The molecule has 6 heteroatoms. The Morgan fingerprint density at radius 3 is 2.45 bits per heavy atom. The molecule has 0 heterocycles. The number of halogens is 2. The highest BCUT2D eigenvalue weighted by atomic mass is 127. The maximum absolute atomic E-state index is 12.1. The van der Waals surface area contributed by atoms with Gasteiger partial charge in [0.05, 0.1) is 11.5 Å². The van der Waals surface area contributed by atoms with E-state index < -0.39 is 10.1 Å². The van der Waals surface area contributed by atoms with Crippen LogP contribution in [0.1, 0.15) is 11.1 Å². The van der Waals surface area contributed by atoms with Crippen LogP contribution in [0.15, 0.2) is 51.8 Å². The summed E-state index contributed by atoms with van der Waals surface area (Å²) in [5, 5.41) is 0. The van der Waals surface area contributed by atoms with Gasteiger partial charge in [-0.15, -0.1) is 0 Å². The minimum atomic E-state index is -3.73. The molecule has 2 aromatic carbocycles. The van der Waals surface area contributed by atoms with Crippen molar-refractivity contribution in [1.82, 2.24) is 0 Å². The molecule has 20 heavy (non-hydrogen) atoms. The van der Waals surface area contributed by atoms with Crippen molar-refractivity contribution < 1.29 is 12.6 Å². The number of benzene rings is 2. The Kier molecular flexibility index (Phi) is 5.22. The molecule has 0 aliphatic heterocycles. The van der Waals surface area contributed by atoms with Crippen molar-refractivity contribution >= 4 is 48.6 Å². The van der Waals surface area contributed by atoms with Gasteiger partial charge < -0.3 is 0 Å². The highest BCUT2D eigenvalue weighted by Crippen LogP contribution is 2.22. The third kappa shape index (κ3) is 4.03. The fourth-order valence-electron chi connectivity index (χ4n) is 1.57. The summed E-state index contributed by atoms with van der Waals surface area (Å²) in [6.07, 6.45) is 0. The Morgan fingerprint density at radius 1 is 1.15 bits per heavy atom. The minimum absolute atomic E-state index is 0.00757. The molecule has 0 bridgehead atoms. The zero-order valence-corrected chi connectivity index (χ0v) is 15.2. The van der Waals surface area contributed by atoms with E-state index in [2.05, 4.69) is 38.5 Å². The van der Waals surface area contributed by atoms with Crippen LogP contribution in [0.25, 0.3) is 0 Å². The van der Waals surface area contributed by atoms with Crippen LogP contribution in [-0.4, -0.2) is 8.42 Å². The van der Waals surface area contributed by atoms with E-state index in [-0.39, 0.29) is 11.5 Å². The molecule has 0 amide bonds. The highest BCUT2D eigenvalue weighted by molar-refractivity contribution is 14.1. The van der Waals surface area contributed by atoms with Crippen LogP contribution in [0, 0.1) is 10.5 Å². The summed E-state index contributed by atoms with van der Waals surface area (Å²) in [7, 11) is -3.73. The van der Waals surface area contributed by atoms with Crippen LogP contribution < -0.4 is 0 Å². The summed E-state index contributed by atoms with van der Waals surface area (Å²) in [4.78, 5) is 0.171. The monoisotopic (exact) mass is 466 g/mol. The van der Waals surface area contributed by atoms with Crippen LogP contribution in [0.2, 0.25) is 0 Å². The van der Waals surface area contributed by atoms with E-state index in [1.54, 1.807) is 24.3 Å². The second kappa shape index (κ2) is 6.55. The Balaban J connectivity index is 2.17. The largest absolute Gasteiger partial charge is 0.297 e. The molecule has 0 radical (unpaired) electrons. The predicted molar refractivity (Wildman–Crippen MR) is 90.0 cm³/mol. The Labute approximate surface area is 140 Å². The predicted octanol–water partition coefficient (Wildman–Crippen LogP) is 4.27. The van der Waals surface area contributed by atoms with Crippen molar-refractivity contribution in [3.63, 3.8) is 0 Å². The normalized spacial score (nSPS) is 11.6. The minimum Gasteiger partial charge on any atom is -0.262 e. The Morgan fingerprint density at radius 2 is 1.80 bits per heavy atom. The molecule has 0 aliphatic carbocycles. The van der Waals surface area contributed by atoms with Gasteiger partial charge >= 0.3 is 0 Å². The van der Waals surface area contributed by atoms with Gasteiger partial charge in [-0.3, -0.25) is 4.18 Å².